The van der Waals surface area contributed by atoms with Gasteiger partial charge in [-0.3, -0.25) is 9.69 Å². The maximum absolute atomic E-state index is 12.5. The first-order chi connectivity index (χ1) is 10.1. The number of carbonyl (C=O) groups excluding carboxylic acids is 1. The molecule has 2 atom stereocenters. The minimum Gasteiger partial charge on any atom is -0.295 e. The summed E-state index contributed by atoms with van der Waals surface area (Å²) in [4.78, 5) is 14.3. The molecular weight excluding hydrogens is 325 g/mol. The van der Waals surface area contributed by atoms with E-state index in [1.54, 1.807) is 17.8 Å². The average molecular weight is 338 g/mol. The second-order valence-electron chi connectivity index (χ2n) is 4.85. The van der Waals surface area contributed by atoms with Crippen LogP contribution in [-0.4, -0.2) is 11.2 Å². The molecule has 5 heteroatoms. The predicted octanol–water partition coefficient (Wildman–Crippen LogP) is 5.16. The summed E-state index contributed by atoms with van der Waals surface area (Å²) in [5.74, 6) is 0.113. The summed E-state index contributed by atoms with van der Waals surface area (Å²) in [5, 5.41) is 0.873. The van der Waals surface area contributed by atoms with Gasteiger partial charge in [0.1, 0.15) is 5.37 Å². The fourth-order valence-corrected chi connectivity index (χ4v) is 3.94. The van der Waals surface area contributed by atoms with Crippen LogP contribution in [0, 0.1) is 0 Å². The summed E-state index contributed by atoms with van der Waals surface area (Å²) in [6, 6.07) is 15.2. The van der Waals surface area contributed by atoms with Gasteiger partial charge in [0.05, 0.1) is 15.3 Å². The van der Waals surface area contributed by atoms with Crippen LogP contribution in [-0.2, 0) is 4.79 Å². The fraction of sp³-hybridized carbons (Fsp3) is 0.188. The lowest BCUT2D eigenvalue weighted by Crippen LogP contribution is -2.30. The van der Waals surface area contributed by atoms with Gasteiger partial charge < -0.3 is 0 Å². The molecule has 0 spiro atoms. The molecule has 1 fully saturated rings. The second-order valence-corrected chi connectivity index (χ2v) is 7.09. The molecule has 0 aromatic heterocycles. The van der Waals surface area contributed by atoms with E-state index in [1.807, 2.05) is 54.3 Å². The molecule has 1 amide bonds. The first-order valence-electron chi connectivity index (χ1n) is 6.56. The number of hydrogen-bond acceptors (Lipinski definition) is 2. The molecule has 1 saturated heterocycles. The Bertz CT molecular complexity index is 677. The molecule has 3 rings (SSSR count). The van der Waals surface area contributed by atoms with Crippen LogP contribution < -0.4 is 4.90 Å². The van der Waals surface area contributed by atoms with Crippen LogP contribution in [0.1, 0.15) is 17.9 Å². The standard InChI is InChI=1S/C16H13Cl2NOS/c1-10-15(20)19(12-5-3-2-4-6-12)16(21-10)11-7-8-13(17)14(18)9-11/h2-10,16H,1H3. The Labute approximate surface area is 138 Å². The fourth-order valence-electron chi connectivity index (χ4n) is 2.37. The third kappa shape index (κ3) is 2.78. The number of nitrogens with zero attached hydrogens (tertiary/aromatic N) is 1. The number of para-hydroxylation sites is 1. The Balaban J connectivity index is 2.03. The van der Waals surface area contributed by atoms with Crippen LogP contribution in [0.2, 0.25) is 10.0 Å². The van der Waals surface area contributed by atoms with E-state index in [0.717, 1.165) is 11.3 Å². The SMILES string of the molecule is CC1SC(c2ccc(Cl)c(Cl)c2)N(c2ccccc2)C1=O. The van der Waals surface area contributed by atoms with Crippen molar-refractivity contribution in [2.45, 2.75) is 17.5 Å². The molecule has 0 bridgehead atoms. The third-order valence-corrected chi connectivity index (χ3v) is 5.51. The third-order valence-electron chi connectivity index (χ3n) is 3.42. The van der Waals surface area contributed by atoms with E-state index in [9.17, 15) is 4.79 Å². The Morgan fingerprint density at radius 2 is 1.76 bits per heavy atom. The van der Waals surface area contributed by atoms with Gasteiger partial charge in [-0.15, -0.1) is 11.8 Å². The topological polar surface area (TPSA) is 20.3 Å². The molecule has 21 heavy (non-hydrogen) atoms. The largest absolute Gasteiger partial charge is 0.295 e. The summed E-state index contributed by atoms with van der Waals surface area (Å²) >= 11 is 13.7. The summed E-state index contributed by atoms with van der Waals surface area (Å²) in [7, 11) is 0. The molecule has 2 unspecified atom stereocenters. The lowest BCUT2D eigenvalue weighted by atomic mass is 10.2. The first-order valence-corrected chi connectivity index (χ1v) is 8.26. The zero-order valence-corrected chi connectivity index (χ0v) is 13.6. The van der Waals surface area contributed by atoms with Gasteiger partial charge in [0.15, 0.2) is 0 Å². The minimum atomic E-state index is -0.0790. The van der Waals surface area contributed by atoms with Gasteiger partial charge in [0, 0.05) is 5.69 Å². The van der Waals surface area contributed by atoms with Crippen molar-refractivity contribution in [1.29, 1.82) is 0 Å². The van der Waals surface area contributed by atoms with Crippen LogP contribution in [0.15, 0.2) is 48.5 Å². The highest BCUT2D eigenvalue weighted by Gasteiger charge is 2.39. The van der Waals surface area contributed by atoms with E-state index >= 15 is 0 Å². The zero-order valence-electron chi connectivity index (χ0n) is 11.3. The van der Waals surface area contributed by atoms with E-state index in [4.69, 9.17) is 23.2 Å². The maximum Gasteiger partial charge on any atom is 0.241 e. The molecule has 2 nitrogen and oxygen atoms in total. The highest BCUT2D eigenvalue weighted by atomic mass is 35.5. The van der Waals surface area contributed by atoms with E-state index in [-0.39, 0.29) is 16.5 Å². The molecule has 0 aliphatic carbocycles. The van der Waals surface area contributed by atoms with Gasteiger partial charge in [-0.2, -0.15) is 0 Å². The van der Waals surface area contributed by atoms with Crippen molar-refractivity contribution in [3.63, 3.8) is 0 Å². The Morgan fingerprint density at radius 1 is 1.05 bits per heavy atom. The molecule has 1 heterocycles. The van der Waals surface area contributed by atoms with Gasteiger partial charge in [-0.1, -0.05) is 47.5 Å². The smallest absolute Gasteiger partial charge is 0.241 e. The van der Waals surface area contributed by atoms with Crippen molar-refractivity contribution in [2.24, 2.45) is 0 Å². The van der Waals surface area contributed by atoms with Crippen molar-refractivity contribution in [1.82, 2.24) is 0 Å². The number of anilines is 1. The van der Waals surface area contributed by atoms with Crippen LogP contribution in [0.25, 0.3) is 0 Å². The van der Waals surface area contributed by atoms with Gasteiger partial charge in [0.25, 0.3) is 0 Å². The van der Waals surface area contributed by atoms with Gasteiger partial charge >= 0.3 is 0 Å². The summed E-state index contributed by atoms with van der Waals surface area (Å²) < 4.78 is 0. The van der Waals surface area contributed by atoms with Gasteiger partial charge in [0.2, 0.25) is 5.91 Å². The molecular formula is C16H13Cl2NOS. The lowest BCUT2D eigenvalue weighted by molar-refractivity contribution is -0.117. The predicted molar refractivity (Wildman–Crippen MR) is 90.2 cm³/mol. The monoisotopic (exact) mass is 337 g/mol. The highest BCUT2D eigenvalue weighted by Crippen LogP contribution is 2.46. The molecule has 0 radical (unpaired) electrons. The summed E-state index contributed by atoms with van der Waals surface area (Å²) in [5.41, 5.74) is 1.88. The van der Waals surface area contributed by atoms with Crippen LogP contribution in [0.5, 0.6) is 0 Å². The molecule has 1 aliphatic heterocycles. The number of rotatable bonds is 2. The lowest BCUT2D eigenvalue weighted by Gasteiger charge is -2.24. The van der Waals surface area contributed by atoms with Crippen molar-refractivity contribution in [2.75, 3.05) is 4.90 Å². The molecule has 2 aromatic rings. The molecule has 108 valence electrons. The molecule has 0 N–H and O–H groups in total. The van der Waals surface area contributed by atoms with Crippen molar-refractivity contribution >= 4 is 46.6 Å². The quantitative estimate of drug-likeness (QED) is 0.754. The number of carbonyl (C=O) groups is 1. The zero-order chi connectivity index (χ0) is 15.0. The average Bonchev–Trinajstić information content (AvgIpc) is 2.79. The second kappa shape index (κ2) is 5.91. The first kappa shape index (κ1) is 14.8. The number of hydrogen-bond donors (Lipinski definition) is 0. The number of amides is 1. The van der Waals surface area contributed by atoms with Crippen molar-refractivity contribution < 1.29 is 4.79 Å². The van der Waals surface area contributed by atoms with Crippen LogP contribution in [0.3, 0.4) is 0 Å². The molecule has 0 saturated carbocycles. The molecule has 1 aliphatic rings. The summed E-state index contributed by atoms with van der Waals surface area (Å²) in [6.07, 6.45) is 0. The Kier molecular flexibility index (Phi) is 4.16. The number of benzene rings is 2. The Morgan fingerprint density at radius 3 is 2.43 bits per heavy atom. The number of thioether (sulfide) groups is 1. The van der Waals surface area contributed by atoms with E-state index in [0.29, 0.717) is 10.0 Å². The van der Waals surface area contributed by atoms with Gasteiger partial charge in [-0.25, -0.2) is 0 Å². The van der Waals surface area contributed by atoms with Crippen LogP contribution in [0.4, 0.5) is 5.69 Å². The van der Waals surface area contributed by atoms with Crippen LogP contribution >= 0.6 is 35.0 Å². The van der Waals surface area contributed by atoms with Gasteiger partial charge in [-0.05, 0) is 36.8 Å². The minimum absolute atomic E-state index is 0.0790. The maximum atomic E-state index is 12.5. The normalized spacial score (nSPS) is 21.9. The van der Waals surface area contributed by atoms with E-state index in [1.165, 1.54) is 0 Å². The Hall–Kier alpha value is -1.16. The van der Waals surface area contributed by atoms with E-state index in [2.05, 4.69) is 0 Å². The highest BCUT2D eigenvalue weighted by molar-refractivity contribution is 8.01. The van der Waals surface area contributed by atoms with Crippen molar-refractivity contribution in [3.8, 4) is 0 Å². The molecule has 2 aromatic carbocycles. The number of halogens is 2. The van der Waals surface area contributed by atoms with E-state index < -0.39 is 0 Å². The summed E-state index contributed by atoms with van der Waals surface area (Å²) in [6.45, 7) is 1.93. The van der Waals surface area contributed by atoms with Crippen molar-refractivity contribution in [3.05, 3.63) is 64.1 Å².